The number of methoxy groups -OCH3 is 1. The highest BCUT2D eigenvalue weighted by Crippen LogP contribution is 2.23. The number of piperidine rings is 1. The maximum atomic E-state index is 6.07. The van der Waals surface area contributed by atoms with Gasteiger partial charge in [-0.05, 0) is 49.4 Å². The minimum absolute atomic E-state index is 0.342. The highest BCUT2D eigenvalue weighted by molar-refractivity contribution is 5.31. The normalized spacial score (nSPS) is 24.1. The van der Waals surface area contributed by atoms with Crippen molar-refractivity contribution in [1.82, 2.24) is 4.90 Å². The number of hydrogen-bond acceptors (Lipinski definition) is 4. The van der Waals surface area contributed by atoms with E-state index in [1.165, 1.54) is 13.0 Å². The van der Waals surface area contributed by atoms with E-state index in [1.54, 1.807) is 7.11 Å². The third-order valence-electron chi connectivity index (χ3n) is 4.44. The van der Waals surface area contributed by atoms with E-state index in [0.717, 1.165) is 56.6 Å². The quantitative estimate of drug-likeness (QED) is 0.834. The summed E-state index contributed by atoms with van der Waals surface area (Å²) >= 11 is 0. The largest absolute Gasteiger partial charge is 0.497 e. The molecule has 2 aliphatic rings. The second-order valence-corrected chi connectivity index (χ2v) is 6.02. The van der Waals surface area contributed by atoms with Gasteiger partial charge in [0, 0.05) is 26.2 Å². The molecule has 2 aliphatic heterocycles. The first-order valence-corrected chi connectivity index (χ1v) is 7.94. The van der Waals surface area contributed by atoms with Crippen molar-refractivity contribution >= 4 is 0 Å². The van der Waals surface area contributed by atoms with E-state index in [0.29, 0.717) is 6.10 Å². The highest BCUT2D eigenvalue weighted by atomic mass is 16.5. The molecular formula is C17H25NO3. The molecule has 0 amide bonds. The zero-order valence-corrected chi connectivity index (χ0v) is 12.8. The standard InChI is InChI=1S/C17H25NO3/c1-19-15-2-4-16(5-3-15)21-17-6-9-18(10-7-17)12-14-8-11-20-13-14/h2-5,14,17H,6-13H2,1H3/t14-/m1/s1. The van der Waals surface area contributed by atoms with Crippen molar-refractivity contribution in [1.29, 1.82) is 0 Å². The fourth-order valence-corrected chi connectivity index (χ4v) is 3.15. The molecule has 1 aromatic rings. The van der Waals surface area contributed by atoms with Crippen molar-refractivity contribution in [3.8, 4) is 11.5 Å². The van der Waals surface area contributed by atoms with Crippen molar-refractivity contribution in [2.75, 3.05) is 40.0 Å². The first-order chi connectivity index (χ1) is 10.3. The molecule has 2 fully saturated rings. The monoisotopic (exact) mass is 291 g/mol. The van der Waals surface area contributed by atoms with Crippen LogP contribution in [-0.2, 0) is 4.74 Å². The molecule has 0 radical (unpaired) electrons. The molecule has 0 N–H and O–H groups in total. The van der Waals surface area contributed by atoms with Crippen LogP contribution in [0.15, 0.2) is 24.3 Å². The summed E-state index contributed by atoms with van der Waals surface area (Å²) < 4.78 is 16.7. The minimum atomic E-state index is 0.342. The van der Waals surface area contributed by atoms with Crippen molar-refractivity contribution in [3.05, 3.63) is 24.3 Å². The lowest BCUT2D eigenvalue weighted by atomic mass is 10.0. The van der Waals surface area contributed by atoms with Gasteiger partial charge in [-0.2, -0.15) is 0 Å². The van der Waals surface area contributed by atoms with Gasteiger partial charge < -0.3 is 19.1 Å². The average Bonchev–Trinajstić information content (AvgIpc) is 3.03. The summed E-state index contributed by atoms with van der Waals surface area (Å²) in [7, 11) is 1.68. The Morgan fingerprint density at radius 3 is 2.43 bits per heavy atom. The summed E-state index contributed by atoms with van der Waals surface area (Å²) in [6.45, 7) is 5.36. The zero-order valence-electron chi connectivity index (χ0n) is 12.8. The van der Waals surface area contributed by atoms with E-state index >= 15 is 0 Å². The molecule has 1 aromatic carbocycles. The summed E-state index contributed by atoms with van der Waals surface area (Å²) in [4.78, 5) is 2.56. The summed E-state index contributed by atoms with van der Waals surface area (Å²) in [6, 6.07) is 7.87. The van der Waals surface area contributed by atoms with Gasteiger partial charge >= 0.3 is 0 Å². The molecule has 0 spiro atoms. The Morgan fingerprint density at radius 2 is 1.81 bits per heavy atom. The zero-order chi connectivity index (χ0) is 14.5. The highest BCUT2D eigenvalue weighted by Gasteiger charge is 2.24. The Hall–Kier alpha value is -1.26. The van der Waals surface area contributed by atoms with Crippen LogP contribution in [0, 0.1) is 5.92 Å². The molecule has 4 nitrogen and oxygen atoms in total. The Morgan fingerprint density at radius 1 is 1.10 bits per heavy atom. The van der Waals surface area contributed by atoms with Crippen molar-refractivity contribution < 1.29 is 14.2 Å². The van der Waals surface area contributed by atoms with Gasteiger partial charge in [-0.3, -0.25) is 0 Å². The van der Waals surface area contributed by atoms with Crippen LogP contribution in [0.5, 0.6) is 11.5 Å². The molecule has 4 heteroatoms. The third kappa shape index (κ3) is 4.11. The SMILES string of the molecule is COc1ccc(OC2CCN(C[C@H]3CCOC3)CC2)cc1. The van der Waals surface area contributed by atoms with E-state index in [-0.39, 0.29) is 0 Å². The van der Waals surface area contributed by atoms with Crippen LogP contribution in [0.3, 0.4) is 0 Å². The van der Waals surface area contributed by atoms with Crippen LogP contribution in [-0.4, -0.2) is 51.0 Å². The van der Waals surface area contributed by atoms with E-state index in [1.807, 2.05) is 24.3 Å². The second kappa shape index (κ2) is 7.14. The van der Waals surface area contributed by atoms with Crippen LogP contribution in [0.4, 0.5) is 0 Å². The molecule has 116 valence electrons. The molecule has 1 atom stereocenters. The van der Waals surface area contributed by atoms with Crippen molar-refractivity contribution in [2.45, 2.75) is 25.4 Å². The topological polar surface area (TPSA) is 30.9 Å². The number of ether oxygens (including phenoxy) is 3. The van der Waals surface area contributed by atoms with Gasteiger partial charge in [0.2, 0.25) is 0 Å². The number of likely N-dealkylation sites (tertiary alicyclic amines) is 1. The van der Waals surface area contributed by atoms with Crippen LogP contribution in [0.2, 0.25) is 0 Å². The van der Waals surface area contributed by atoms with Crippen molar-refractivity contribution in [2.24, 2.45) is 5.92 Å². The van der Waals surface area contributed by atoms with E-state index in [4.69, 9.17) is 14.2 Å². The summed E-state index contributed by atoms with van der Waals surface area (Å²) in [5.41, 5.74) is 0. The molecule has 0 aliphatic carbocycles. The second-order valence-electron chi connectivity index (χ2n) is 6.02. The number of rotatable bonds is 5. The average molecular weight is 291 g/mol. The number of benzene rings is 1. The molecule has 21 heavy (non-hydrogen) atoms. The summed E-state index contributed by atoms with van der Waals surface area (Å²) in [5, 5.41) is 0. The fourth-order valence-electron chi connectivity index (χ4n) is 3.15. The number of nitrogens with zero attached hydrogens (tertiary/aromatic N) is 1. The van der Waals surface area contributed by atoms with Crippen LogP contribution >= 0.6 is 0 Å². The Kier molecular flexibility index (Phi) is 4.99. The van der Waals surface area contributed by atoms with Gasteiger partial charge in [-0.15, -0.1) is 0 Å². The van der Waals surface area contributed by atoms with Gasteiger partial charge in [0.05, 0.1) is 13.7 Å². The van der Waals surface area contributed by atoms with Gasteiger partial charge in [0.15, 0.2) is 0 Å². The predicted molar refractivity (Wildman–Crippen MR) is 82.0 cm³/mol. The lowest BCUT2D eigenvalue weighted by Gasteiger charge is -2.33. The van der Waals surface area contributed by atoms with Gasteiger partial charge in [-0.1, -0.05) is 0 Å². The van der Waals surface area contributed by atoms with E-state index in [9.17, 15) is 0 Å². The lowest BCUT2D eigenvalue weighted by molar-refractivity contribution is 0.0880. The van der Waals surface area contributed by atoms with Gasteiger partial charge in [-0.25, -0.2) is 0 Å². The molecule has 0 aromatic heterocycles. The Balaban J connectivity index is 1.42. The Bertz CT molecular complexity index is 420. The maximum absolute atomic E-state index is 6.07. The summed E-state index contributed by atoms with van der Waals surface area (Å²) in [5.74, 6) is 2.55. The predicted octanol–water partition coefficient (Wildman–Crippen LogP) is 2.57. The van der Waals surface area contributed by atoms with Crippen molar-refractivity contribution in [3.63, 3.8) is 0 Å². The molecular weight excluding hydrogens is 266 g/mol. The smallest absolute Gasteiger partial charge is 0.119 e. The minimum Gasteiger partial charge on any atom is -0.497 e. The molecule has 2 heterocycles. The van der Waals surface area contributed by atoms with E-state index in [2.05, 4.69) is 4.90 Å². The third-order valence-corrected chi connectivity index (χ3v) is 4.44. The fraction of sp³-hybridized carbons (Fsp3) is 0.647. The molecule has 0 unspecified atom stereocenters. The first-order valence-electron chi connectivity index (χ1n) is 7.94. The van der Waals surface area contributed by atoms with E-state index < -0.39 is 0 Å². The van der Waals surface area contributed by atoms with Crippen LogP contribution in [0.25, 0.3) is 0 Å². The molecule has 3 rings (SSSR count). The summed E-state index contributed by atoms with van der Waals surface area (Å²) in [6.07, 6.45) is 3.79. The van der Waals surface area contributed by atoms with Crippen LogP contribution in [0.1, 0.15) is 19.3 Å². The number of hydrogen-bond donors (Lipinski definition) is 0. The molecule has 0 saturated carbocycles. The molecule has 0 bridgehead atoms. The lowest BCUT2D eigenvalue weighted by Crippen LogP contribution is -2.40. The Labute approximate surface area is 127 Å². The molecule has 2 saturated heterocycles. The van der Waals surface area contributed by atoms with Gasteiger partial charge in [0.1, 0.15) is 17.6 Å². The maximum Gasteiger partial charge on any atom is 0.119 e. The first kappa shape index (κ1) is 14.7. The van der Waals surface area contributed by atoms with Crippen LogP contribution < -0.4 is 9.47 Å². The van der Waals surface area contributed by atoms with Gasteiger partial charge in [0.25, 0.3) is 0 Å².